The van der Waals surface area contributed by atoms with Crippen LogP contribution < -0.4 is 11.5 Å². The van der Waals surface area contributed by atoms with E-state index in [0.29, 0.717) is 11.3 Å². The number of nitrogen functional groups attached to an aromatic ring is 2. The van der Waals surface area contributed by atoms with E-state index in [1.807, 2.05) is 0 Å². The average molecular weight is 311 g/mol. The molecular formula is C13H18FN5O3. The molecule has 4 atom stereocenters. The number of alkyl halides is 1. The van der Waals surface area contributed by atoms with Crippen LogP contribution in [0.15, 0.2) is 12.3 Å². The maximum Gasteiger partial charge on any atom is 0.177 e. The van der Waals surface area contributed by atoms with Gasteiger partial charge >= 0.3 is 0 Å². The number of hydrogen-bond acceptors (Lipinski definition) is 7. The van der Waals surface area contributed by atoms with Crippen LogP contribution in [0.4, 0.5) is 15.9 Å². The van der Waals surface area contributed by atoms with Crippen molar-refractivity contribution < 1.29 is 19.3 Å². The molecule has 0 unspecified atom stereocenters. The van der Waals surface area contributed by atoms with Gasteiger partial charge in [-0.25, -0.2) is 13.9 Å². The number of ether oxygens (including phenoxy) is 1. The van der Waals surface area contributed by atoms with Crippen LogP contribution in [0.25, 0.3) is 5.65 Å². The van der Waals surface area contributed by atoms with Gasteiger partial charge in [0, 0.05) is 6.07 Å². The zero-order valence-electron chi connectivity index (χ0n) is 12.0. The Labute approximate surface area is 125 Å². The number of fused-ring (bicyclic) bond motifs is 1. The lowest BCUT2D eigenvalue weighted by atomic mass is 9.93. The Balaban J connectivity index is 2.09. The number of aliphatic hydroxyl groups is 2. The van der Waals surface area contributed by atoms with Crippen LogP contribution in [-0.2, 0) is 4.74 Å². The van der Waals surface area contributed by atoms with Gasteiger partial charge in [0.25, 0.3) is 0 Å². The molecule has 3 heterocycles. The van der Waals surface area contributed by atoms with Gasteiger partial charge in [-0.2, -0.15) is 0 Å². The molecule has 1 saturated heterocycles. The molecule has 0 amide bonds. The normalized spacial score (nSPS) is 31.9. The number of anilines is 2. The molecule has 120 valence electrons. The minimum absolute atomic E-state index is 0.155. The maximum atomic E-state index is 14.5. The van der Waals surface area contributed by atoms with E-state index in [0.717, 1.165) is 0 Å². The second-order valence-electron chi connectivity index (χ2n) is 5.45. The second kappa shape index (κ2) is 5.04. The highest BCUT2D eigenvalue weighted by molar-refractivity contribution is 5.67. The lowest BCUT2D eigenvalue weighted by Crippen LogP contribution is -2.44. The zero-order valence-corrected chi connectivity index (χ0v) is 12.0. The first kappa shape index (κ1) is 14.9. The van der Waals surface area contributed by atoms with Crippen molar-refractivity contribution in [1.82, 2.24) is 14.6 Å². The number of imidazole rings is 1. The van der Waals surface area contributed by atoms with Crippen LogP contribution in [0.5, 0.6) is 0 Å². The highest BCUT2D eigenvalue weighted by Crippen LogP contribution is 2.43. The van der Waals surface area contributed by atoms with E-state index in [9.17, 15) is 14.6 Å². The van der Waals surface area contributed by atoms with Crippen molar-refractivity contribution in [3.8, 4) is 0 Å². The predicted molar refractivity (Wildman–Crippen MR) is 76.6 cm³/mol. The average Bonchev–Trinajstić information content (AvgIpc) is 3.01. The number of rotatable bonds is 3. The molecular weight excluding hydrogens is 293 g/mol. The summed E-state index contributed by atoms with van der Waals surface area (Å²) in [5, 5.41) is 23.7. The number of aromatic nitrogens is 3. The van der Waals surface area contributed by atoms with Crippen molar-refractivity contribution in [2.45, 2.75) is 37.3 Å². The summed E-state index contributed by atoms with van der Waals surface area (Å²) in [6.45, 7) is 1.22. The number of halogens is 1. The minimum Gasteiger partial charge on any atom is -0.396 e. The highest BCUT2D eigenvalue weighted by Gasteiger charge is 2.55. The molecule has 0 bridgehead atoms. The summed E-state index contributed by atoms with van der Waals surface area (Å²) < 4.78 is 21.5. The maximum absolute atomic E-state index is 14.5. The molecule has 9 heteroatoms. The summed E-state index contributed by atoms with van der Waals surface area (Å²) in [7, 11) is 0. The molecule has 1 aliphatic heterocycles. The summed E-state index contributed by atoms with van der Waals surface area (Å²) in [4.78, 5) is 4.09. The number of hydrogen-bond donors (Lipinski definition) is 4. The first-order valence-electron chi connectivity index (χ1n) is 6.94. The number of nitrogens with zero attached hydrogens (tertiary/aromatic N) is 3. The Kier molecular flexibility index (Phi) is 3.42. The van der Waals surface area contributed by atoms with Crippen LogP contribution in [0, 0.1) is 0 Å². The van der Waals surface area contributed by atoms with Crippen molar-refractivity contribution in [3.05, 3.63) is 18.0 Å². The van der Waals surface area contributed by atoms with E-state index in [4.69, 9.17) is 16.2 Å². The second-order valence-corrected chi connectivity index (χ2v) is 5.45. The van der Waals surface area contributed by atoms with Crippen molar-refractivity contribution >= 4 is 17.2 Å². The van der Waals surface area contributed by atoms with Crippen LogP contribution >= 0.6 is 0 Å². The molecule has 22 heavy (non-hydrogen) atoms. The van der Waals surface area contributed by atoms with Crippen LogP contribution in [0.3, 0.4) is 0 Å². The topological polar surface area (TPSA) is 132 Å². The molecule has 0 aromatic carbocycles. The summed E-state index contributed by atoms with van der Waals surface area (Å²) >= 11 is 0. The third kappa shape index (κ3) is 1.93. The third-order valence-corrected chi connectivity index (χ3v) is 4.19. The van der Waals surface area contributed by atoms with Crippen LogP contribution in [-0.4, -0.2) is 49.3 Å². The number of nitrogens with two attached hydrogens (primary N) is 2. The minimum atomic E-state index is -1.73. The van der Waals surface area contributed by atoms with E-state index in [-0.39, 0.29) is 17.9 Å². The van der Waals surface area contributed by atoms with Crippen molar-refractivity contribution in [2.24, 2.45) is 0 Å². The Morgan fingerprint density at radius 1 is 1.50 bits per heavy atom. The molecule has 2 aromatic heterocycles. The van der Waals surface area contributed by atoms with Crippen molar-refractivity contribution in [2.75, 3.05) is 18.1 Å². The van der Waals surface area contributed by atoms with E-state index in [1.165, 1.54) is 16.8 Å². The monoisotopic (exact) mass is 311 g/mol. The fourth-order valence-corrected chi connectivity index (χ4v) is 2.82. The standard InChI is InChI=1S/C13H18FN5O3/c1-2-13(5-20)11(21)9(14)10(22-13)7-4-17-12-6(15)3-8(16)18-19(7)12/h3-4,9-11,20-21H,2,5,15H2,1H3,(H2,16,18)/t9-,10-,11-,13+/m0/s1. The van der Waals surface area contributed by atoms with Gasteiger partial charge in [0.15, 0.2) is 11.8 Å². The predicted octanol–water partition coefficient (Wildman–Crippen LogP) is -0.195. The van der Waals surface area contributed by atoms with Gasteiger partial charge in [0.1, 0.15) is 23.6 Å². The molecule has 8 nitrogen and oxygen atoms in total. The van der Waals surface area contributed by atoms with E-state index >= 15 is 0 Å². The van der Waals surface area contributed by atoms with Crippen LogP contribution in [0.2, 0.25) is 0 Å². The summed E-state index contributed by atoms with van der Waals surface area (Å²) in [6.07, 6.45) is -2.65. The Morgan fingerprint density at radius 3 is 2.82 bits per heavy atom. The molecule has 0 spiro atoms. The molecule has 0 saturated carbocycles. The quantitative estimate of drug-likeness (QED) is 0.617. The SMILES string of the molecule is CC[C@]1(CO)O[C@@H](c2cnc3c(N)cc(N)nn23)[C@H](F)[C@@H]1O. The summed E-state index contributed by atoms with van der Waals surface area (Å²) in [5.74, 6) is 0.155. The fourth-order valence-electron chi connectivity index (χ4n) is 2.82. The first-order valence-corrected chi connectivity index (χ1v) is 6.94. The molecule has 1 fully saturated rings. The Bertz CT molecular complexity index is 702. The van der Waals surface area contributed by atoms with Gasteiger partial charge in [-0.05, 0) is 6.42 Å². The molecule has 0 radical (unpaired) electrons. The van der Waals surface area contributed by atoms with Gasteiger partial charge in [0.05, 0.1) is 24.2 Å². The fraction of sp³-hybridized carbons (Fsp3) is 0.538. The smallest absolute Gasteiger partial charge is 0.177 e. The van der Waals surface area contributed by atoms with E-state index < -0.39 is 30.6 Å². The highest BCUT2D eigenvalue weighted by atomic mass is 19.1. The molecule has 3 rings (SSSR count). The van der Waals surface area contributed by atoms with Gasteiger partial charge in [-0.1, -0.05) is 6.92 Å². The molecule has 2 aromatic rings. The van der Waals surface area contributed by atoms with Crippen molar-refractivity contribution in [3.63, 3.8) is 0 Å². The number of aliphatic hydroxyl groups excluding tert-OH is 2. The largest absolute Gasteiger partial charge is 0.396 e. The van der Waals surface area contributed by atoms with E-state index in [2.05, 4.69) is 10.1 Å². The lowest BCUT2D eigenvalue weighted by Gasteiger charge is -2.28. The van der Waals surface area contributed by atoms with Crippen molar-refractivity contribution in [1.29, 1.82) is 0 Å². The van der Waals surface area contributed by atoms with Crippen LogP contribution in [0.1, 0.15) is 25.1 Å². The molecule has 6 N–H and O–H groups in total. The lowest BCUT2D eigenvalue weighted by molar-refractivity contribution is -0.115. The first-order chi connectivity index (χ1) is 10.4. The van der Waals surface area contributed by atoms with E-state index in [1.54, 1.807) is 6.92 Å². The molecule has 1 aliphatic rings. The van der Waals surface area contributed by atoms with Gasteiger partial charge < -0.3 is 26.4 Å². The molecule has 0 aliphatic carbocycles. The van der Waals surface area contributed by atoms with Gasteiger partial charge in [0.2, 0.25) is 0 Å². The third-order valence-electron chi connectivity index (χ3n) is 4.19. The Morgan fingerprint density at radius 2 is 2.23 bits per heavy atom. The summed E-state index contributed by atoms with van der Waals surface area (Å²) in [5.41, 5.74) is 11.0. The van der Waals surface area contributed by atoms with Gasteiger partial charge in [-0.15, -0.1) is 5.10 Å². The van der Waals surface area contributed by atoms with Gasteiger partial charge in [-0.3, -0.25) is 0 Å². The summed E-state index contributed by atoms with van der Waals surface area (Å²) in [6, 6.07) is 1.45. The Hall–Kier alpha value is -1.97. The zero-order chi connectivity index (χ0) is 16.1.